The van der Waals surface area contributed by atoms with Gasteiger partial charge in [0.25, 0.3) is 5.91 Å². The van der Waals surface area contributed by atoms with Crippen LogP contribution in [0.15, 0.2) is 36.8 Å². The molecule has 0 fully saturated rings. The first-order valence-electron chi connectivity index (χ1n) is 8.52. The van der Waals surface area contributed by atoms with Crippen LogP contribution in [0.1, 0.15) is 61.3 Å². The van der Waals surface area contributed by atoms with Crippen molar-refractivity contribution in [1.82, 2.24) is 25.1 Å². The minimum atomic E-state index is -0.124. The van der Waals surface area contributed by atoms with Gasteiger partial charge >= 0.3 is 0 Å². The first-order chi connectivity index (χ1) is 12.0. The summed E-state index contributed by atoms with van der Waals surface area (Å²) >= 11 is 0. The second-order valence-electron chi connectivity index (χ2n) is 6.71. The second kappa shape index (κ2) is 7.01. The molecular formula is C19H23N5O. The molecule has 0 saturated heterocycles. The molecule has 6 heteroatoms. The molecular weight excluding hydrogens is 314 g/mol. The van der Waals surface area contributed by atoms with Crippen molar-refractivity contribution in [3.8, 4) is 0 Å². The van der Waals surface area contributed by atoms with E-state index in [2.05, 4.69) is 43.1 Å². The molecule has 3 heterocycles. The summed E-state index contributed by atoms with van der Waals surface area (Å²) in [6.45, 7) is 8.69. The monoisotopic (exact) mass is 337 g/mol. The van der Waals surface area contributed by atoms with Crippen molar-refractivity contribution in [3.63, 3.8) is 0 Å². The number of amides is 1. The predicted octanol–water partition coefficient (Wildman–Crippen LogP) is 3.46. The van der Waals surface area contributed by atoms with Crippen LogP contribution < -0.4 is 5.32 Å². The van der Waals surface area contributed by atoms with Crippen LogP contribution in [-0.2, 0) is 6.54 Å². The van der Waals surface area contributed by atoms with Crippen molar-refractivity contribution < 1.29 is 4.79 Å². The zero-order valence-corrected chi connectivity index (χ0v) is 15.0. The van der Waals surface area contributed by atoms with E-state index in [0.29, 0.717) is 12.1 Å². The third kappa shape index (κ3) is 3.52. The van der Waals surface area contributed by atoms with Crippen molar-refractivity contribution in [2.24, 2.45) is 0 Å². The van der Waals surface area contributed by atoms with Crippen molar-refractivity contribution >= 4 is 16.9 Å². The van der Waals surface area contributed by atoms with Crippen LogP contribution >= 0.6 is 0 Å². The number of nitrogens with zero attached hydrogens (tertiary/aromatic N) is 4. The lowest BCUT2D eigenvalue weighted by molar-refractivity contribution is 0.0952. The van der Waals surface area contributed by atoms with Gasteiger partial charge in [-0.05, 0) is 37.5 Å². The van der Waals surface area contributed by atoms with Crippen LogP contribution in [-0.4, -0.2) is 25.7 Å². The lowest BCUT2D eigenvalue weighted by Crippen LogP contribution is -2.23. The van der Waals surface area contributed by atoms with Crippen LogP contribution in [0, 0.1) is 0 Å². The van der Waals surface area contributed by atoms with Gasteiger partial charge in [0.15, 0.2) is 5.65 Å². The number of nitrogens with one attached hydrogen (secondary N) is 1. The van der Waals surface area contributed by atoms with Gasteiger partial charge in [-0.1, -0.05) is 19.9 Å². The molecule has 0 atom stereocenters. The van der Waals surface area contributed by atoms with Gasteiger partial charge in [0.1, 0.15) is 0 Å². The van der Waals surface area contributed by atoms with E-state index >= 15 is 0 Å². The number of rotatable bonds is 5. The summed E-state index contributed by atoms with van der Waals surface area (Å²) in [6, 6.07) is 5.85. The van der Waals surface area contributed by atoms with E-state index in [1.165, 1.54) is 0 Å². The number of hydrogen-bond acceptors (Lipinski definition) is 4. The predicted molar refractivity (Wildman–Crippen MR) is 97.4 cm³/mol. The fraction of sp³-hybridized carbons (Fsp3) is 0.368. The van der Waals surface area contributed by atoms with Crippen LogP contribution in [0.5, 0.6) is 0 Å². The number of fused-ring (bicyclic) bond motifs is 1. The van der Waals surface area contributed by atoms with Gasteiger partial charge < -0.3 is 5.32 Å². The number of aromatic nitrogens is 4. The van der Waals surface area contributed by atoms with E-state index in [9.17, 15) is 4.79 Å². The summed E-state index contributed by atoms with van der Waals surface area (Å²) in [5.41, 5.74) is 3.22. The molecule has 3 aromatic rings. The number of carbonyl (C=O) groups is 1. The minimum Gasteiger partial charge on any atom is -0.348 e. The standard InChI is InChI=1S/C19H23N5O/c1-12(2)17-8-15(16-11-22-24(13(3)4)18(16)23-17)19(25)21-10-14-6-5-7-20-9-14/h5-9,11-13H,10H2,1-4H3,(H,21,25). The van der Waals surface area contributed by atoms with Crippen LogP contribution in [0.2, 0.25) is 0 Å². The molecule has 0 spiro atoms. The molecule has 1 amide bonds. The summed E-state index contributed by atoms with van der Waals surface area (Å²) in [5, 5.41) is 8.17. The van der Waals surface area contributed by atoms with Crippen molar-refractivity contribution in [3.05, 3.63) is 53.6 Å². The smallest absolute Gasteiger partial charge is 0.252 e. The SMILES string of the molecule is CC(C)c1cc(C(=O)NCc2cccnc2)c2cnn(C(C)C)c2n1. The van der Waals surface area contributed by atoms with Gasteiger partial charge in [0, 0.05) is 30.7 Å². The highest BCUT2D eigenvalue weighted by atomic mass is 16.1. The van der Waals surface area contributed by atoms with Crippen LogP contribution in [0.4, 0.5) is 0 Å². The van der Waals surface area contributed by atoms with E-state index < -0.39 is 0 Å². The molecule has 25 heavy (non-hydrogen) atoms. The van der Waals surface area contributed by atoms with Gasteiger partial charge in [0.05, 0.1) is 17.1 Å². The van der Waals surface area contributed by atoms with Crippen molar-refractivity contribution in [2.75, 3.05) is 0 Å². The molecule has 0 bridgehead atoms. The Morgan fingerprint density at radius 3 is 2.68 bits per heavy atom. The summed E-state index contributed by atoms with van der Waals surface area (Å²) in [6.07, 6.45) is 5.19. The van der Waals surface area contributed by atoms with Crippen LogP contribution in [0.3, 0.4) is 0 Å². The summed E-state index contributed by atoms with van der Waals surface area (Å²) in [7, 11) is 0. The van der Waals surface area contributed by atoms with E-state index in [1.54, 1.807) is 18.6 Å². The molecule has 6 nitrogen and oxygen atoms in total. The molecule has 0 saturated carbocycles. The fourth-order valence-corrected chi connectivity index (χ4v) is 2.68. The Bertz CT molecular complexity index is 883. The third-order valence-electron chi connectivity index (χ3n) is 4.09. The summed E-state index contributed by atoms with van der Waals surface area (Å²) in [4.78, 5) is 21.6. The molecule has 3 rings (SSSR count). The highest BCUT2D eigenvalue weighted by molar-refractivity contribution is 6.05. The summed E-state index contributed by atoms with van der Waals surface area (Å²) < 4.78 is 1.86. The first-order valence-corrected chi connectivity index (χ1v) is 8.52. The van der Waals surface area contributed by atoms with Crippen molar-refractivity contribution in [1.29, 1.82) is 0 Å². The zero-order valence-electron chi connectivity index (χ0n) is 15.0. The van der Waals surface area contributed by atoms with Gasteiger partial charge in [-0.3, -0.25) is 9.78 Å². The quantitative estimate of drug-likeness (QED) is 0.774. The lowest BCUT2D eigenvalue weighted by Gasteiger charge is -2.12. The molecule has 0 aliphatic rings. The summed E-state index contributed by atoms with van der Waals surface area (Å²) in [5.74, 6) is 0.103. The van der Waals surface area contributed by atoms with E-state index in [1.807, 2.05) is 22.9 Å². The van der Waals surface area contributed by atoms with E-state index in [0.717, 1.165) is 22.3 Å². The van der Waals surface area contributed by atoms with Gasteiger partial charge in [-0.2, -0.15) is 5.10 Å². The molecule has 0 unspecified atom stereocenters. The topological polar surface area (TPSA) is 72.7 Å². The van der Waals surface area contributed by atoms with Gasteiger partial charge in [-0.15, -0.1) is 0 Å². The Balaban J connectivity index is 1.97. The third-order valence-corrected chi connectivity index (χ3v) is 4.09. The Morgan fingerprint density at radius 2 is 2.04 bits per heavy atom. The molecule has 0 aromatic carbocycles. The molecule has 3 aromatic heterocycles. The molecule has 0 radical (unpaired) electrons. The Kier molecular flexibility index (Phi) is 4.79. The highest BCUT2D eigenvalue weighted by Crippen LogP contribution is 2.24. The maximum Gasteiger partial charge on any atom is 0.252 e. The Labute approximate surface area is 147 Å². The maximum absolute atomic E-state index is 12.8. The van der Waals surface area contributed by atoms with Gasteiger partial charge in [-0.25, -0.2) is 9.67 Å². The van der Waals surface area contributed by atoms with Crippen molar-refractivity contribution in [2.45, 2.75) is 46.2 Å². The highest BCUT2D eigenvalue weighted by Gasteiger charge is 2.18. The average Bonchev–Trinajstić information content (AvgIpc) is 3.03. The Morgan fingerprint density at radius 1 is 1.24 bits per heavy atom. The number of hydrogen-bond donors (Lipinski definition) is 1. The van der Waals surface area contributed by atoms with E-state index in [-0.39, 0.29) is 17.9 Å². The zero-order chi connectivity index (χ0) is 18.0. The van der Waals surface area contributed by atoms with E-state index in [4.69, 9.17) is 4.98 Å². The lowest BCUT2D eigenvalue weighted by atomic mass is 10.0. The first kappa shape index (κ1) is 17.1. The molecule has 0 aliphatic carbocycles. The average molecular weight is 337 g/mol. The normalized spacial score (nSPS) is 11.4. The molecule has 1 N–H and O–H groups in total. The molecule has 0 aliphatic heterocycles. The maximum atomic E-state index is 12.8. The second-order valence-corrected chi connectivity index (χ2v) is 6.71. The van der Waals surface area contributed by atoms with Gasteiger partial charge in [0.2, 0.25) is 0 Å². The minimum absolute atomic E-state index is 0.124. The number of pyridine rings is 2. The van der Waals surface area contributed by atoms with Crippen LogP contribution in [0.25, 0.3) is 11.0 Å². The Hall–Kier alpha value is -2.76. The fourth-order valence-electron chi connectivity index (χ4n) is 2.68. The largest absolute Gasteiger partial charge is 0.348 e. The molecule has 130 valence electrons. The number of carbonyl (C=O) groups excluding carboxylic acids is 1.